The molecule has 2 fully saturated rings. The molecule has 0 amide bonds. The van der Waals surface area contributed by atoms with Gasteiger partial charge in [0.15, 0.2) is 0 Å². The summed E-state index contributed by atoms with van der Waals surface area (Å²) in [5.41, 5.74) is 22.3. The van der Waals surface area contributed by atoms with Crippen molar-refractivity contribution >= 4 is 69.6 Å². The van der Waals surface area contributed by atoms with Gasteiger partial charge >= 0.3 is 52.6 Å². The Morgan fingerprint density at radius 3 is 1.55 bits per heavy atom. The summed E-state index contributed by atoms with van der Waals surface area (Å²) >= 11 is 0. The van der Waals surface area contributed by atoms with E-state index in [1.54, 1.807) is 6.20 Å². The molecule has 5 rings (SSSR count). The molecular formula is C26H39N9O25P6. The van der Waals surface area contributed by atoms with E-state index in [0.717, 1.165) is 4.57 Å². The van der Waals surface area contributed by atoms with Crippen LogP contribution in [0.5, 0.6) is 0 Å². The zero-order valence-electron chi connectivity index (χ0n) is 32.8. The highest BCUT2D eigenvalue weighted by atomic mass is 31.3. The number of fused-ring (bicyclic) bond motifs is 1. The third-order valence-corrected chi connectivity index (χ3v) is 15.5. The molecule has 34 nitrogen and oxygen atoms in total. The SMILES string of the molecule is NCC#Cc1cn([C@H]2CC(O)[C@@H](COP(=O)(O)OP(=O)(O)OP(=O)(O)O)O2)c(=O)nc1N.NCC#Cc1cn([C@H]2CC(O)[C@@H](COP(=O)(O)OP(=O)(O)OP(=O)(O)O)O2)c2ncnc(N)c12. The highest BCUT2D eigenvalue weighted by Gasteiger charge is 2.45. The second-order valence-corrected chi connectivity index (χ2v) is 21.6. The molecule has 0 saturated carbocycles. The lowest BCUT2D eigenvalue weighted by Gasteiger charge is -2.19. The lowest BCUT2D eigenvalue weighted by atomic mass is 10.2. The number of nitrogen functional groups attached to an aromatic ring is 2. The minimum absolute atomic E-state index is 0.0138. The summed E-state index contributed by atoms with van der Waals surface area (Å²) < 4.78 is 105. The molecule has 2 aliphatic heterocycles. The Hall–Kier alpha value is -3.20. The van der Waals surface area contributed by atoms with Crippen LogP contribution in [-0.2, 0) is 63.2 Å². The first-order chi connectivity index (χ1) is 30.3. The molecular weight excluding hydrogens is 1020 g/mol. The molecule has 2 aliphatic rings. The molecule has 40 heteroatoms. The predicted molar refractivity (Wildman–Crippen MR) is 215 cm³/mol. The topological polar surface area (TPSA) is 548 Å². The molecule has 0 bridgehead atoms. The molecule has 18 N–H and O–H groups in total. The Labute approximate surface area is 368 Å². The molecule has 368 valence electrons. The lowest BCUT2D eigenvalue weighted by molar-refractivity contribution is -0.0449. The number of phosphoric ester groups is 2. The fourth-order valence-electron chi connectivity index (χ4n) is 5.51. The maximum Gasteiger partial charge on any atom is 0.490 e. The molecule has 3 aromatic rings. The summed E-state index contributed by atoms with van der Waals surface area (Å²) in [6.45, 7) is -1.60. The van der Waals surface area contributed by atoms with E-state index in [1.165, 1.54) is 17.1 Å². The van der Waals surface area contributed by atoms with Crippen LogP contribution < -0.4 is 28.6 Å². The zero-order chi connectivity index (χ0) is 49.6. The van der Waals surface area contributed by atoms with Crippen LogP contribution in [0.15, 0.2) is 23.5 Å². The van der Waals surface area contributed by atoms with E-state index in [9.17, 15) is 57.1 Å². The van der Waals surface area contributed by atoms with E-state index in [0.29, 0.717) is 16.6 Å². The Morgan fingerprint density at radius 2 is 1.09 bits per heavy atom. The minimum Gasteiger partial charge on any atom is -0.390 e. The van der Waals surface area contributed by atoms with Crippen molar-refractivity contribution in [3.05, 3.63) is 40.3 Å². The average Bonchev–Trinajstić information content (AvgIpc) is 3.83. The normalized spacial score (nSPS) is 24.6. The van der Waals surface area contributed by atoms with Crippen LogP contribution in [0.4, 0.5) is 11.6 Å². The van der Waals surface area contributed by atoms with E-state index in [-0.39, 0.29) is 43.1 Å². The predicted octanol–water partition coefficient (Wildman–Crippen LogP) is -2.56. The summed E-state index contributed by atoms with van der Waals surface area (Å²) in [4.78, 5) is 95.2. The number of aliphatic hydroxyl groups is 2. The van der Waals surface area contributed by atoms with Gasteiger partial charge in [0, 0.05) is 25.2 Å². The van der Waals surface area contributed by atoms with Gasteiger partial charge < -0.3 is 86.3 Å². The van der Waals surface area contributed by atoms with Crippen molar-refractivity contribution in [2.24, 2.45) is 11.5 Å². The van der Waals surface area contributed by atoms with Crippen LogP contribution in [0, 0.1) is 23.7 Å². The number of phosphoric acid groups is 6. The quantitative estimate of drug-likeness (QED) is 0.0518. The Bertz CT molecular complexity index is 2740. The van der Waals surface area contributed by atoms with Gasteiger partial charge in [0.1, 0.15) is 48.3 Å². The van der Waals surface area contributed by atoms with Gasteiger partial charge in [-0.3, -0.25) is 13.6 Å². The summed E-state index contributed by atoms with van der Waals surface area (Å²) in [5.74, 6) is 10.6. The van der Waals surface area contributed by atoms with Gasteiger partial charge in [0.05, 0.1) is 55.0 Å². The maximum atomic E-state index is 12.1. The van der Waals surface area contributed by atoms with Gasteiger partial charge in [0.2, 0.25) is 0 Å². The third-order valence-electron chi connectivity index (χ3n) is 7.93. The number of ether oxygens (including phenoxy) is 2. The molecule has 66 heavy (non-hydrogen) atoms. The zero-order valence-corrected chi connectivity index (χ0v) is 38.1. The minimum atomic E-state index is -5.69. The number of hydrogen-bond donors (Lipinski definition) is 14. The highest BCUT2D eigenvalue weighted by Crippen LogP contribution is 2.67. The third kappa shape index (κ3) is 16.5. The van der Waals surface area contributed by atoms with Gasteiger partial charge in [-0.25, -0.2) is 42.2 Å². The van der Waals surface area contributed by atoms with E-state index in [2.05, 4.69) is 64.9 Å². The van der Waals surface area contributed by atoms with Crippen molar-refractivity contribution in [3.8, 4) is 23.7 Å². The van der Waals surface area contributed by atoms with Gasteiger partial charge in [-0.1, -0.05) is 23.7 Å². The number of aliphatic hydroxyl groups excluding tert-OH is 2. The van der Waals surface area contributed by atoms with E-state index >= 15 is 0 Å². The molecule has 0 aliphatic carbocycles. The second kappa shape index (κ2) is 22.0. The standard InChI is InChI=1S/C14H20N5O12P3.C12H19N4O13P3/c15-3-1-2-8-5-19(14-12(8)13(16)17-7-18-14)11-4-9(20)10(29-11)6-28-33(24,25)31-34(26,27)30-32(21,22)23;13-3-1-2-7-5-16(12(18)15-11(7)14)10-4-8(17)9(27-10)6-26-31(22,23)29-32(24,25)28-30(19,20)21/h5,7,9-11,20H,3-4,6,15H2,(H,24,25)(H,26,27)(H2,16,17,18)(H2,21,22,23);5,8-10,17H,3-4,6,13H2,(H,22,23)(H,24,25)(H2,14,15,18)(H2,19,20,21)/t9?,10-,11-;8?,9-,10-/m11/s1. The van der Waals surface area contributed by atoms with Crippen molar-refractivity contribution in [3.63, 3.8) is 0 Å². The van der Waals surface area contributed by atoms with Crippen molar-refractivity contribution < 1.29 is 113 Å². The molecule has 2 saturated heterocycles. The van der Waals surface area contributed by atoms with Gasteiger partial charge in [-0.05, 0) is 0 Å². The lowest BCUT2D eigenvalue weighted by Crippen LogP contribution is -2.29. The van der Waals surface area contributed by atoms with Crippen LogP contribution in [0.3, 0.4) is 0 Å². The van der Waals surface area contributed by atoms with Crippen LogP contribution in [-0.4, -0.2) is 124 Å². The summed E-state index contributed by atoms with van der Waals surface area (Å²) in [6, 6.07) is 0. The van der Waals surface area contributed by atoms with Crippen LogP contribution in [0.25, 0.3) is 11.0 Å². The molecule has 0 radical (unpaired) electrons. The number of nitrogens with two attached hydrogens (primary N) is 4. The number of anilines is 2. The highest BCUT2D eigenvalue weighted by molar-refractivity contribution is 7.67. The first-order valence-electron chi connectivity index (χ1n) is 17.4. The first kappa shape index (κ1) is 55.4. The van der Waals surface area contributed by atoms with Crippen LogP contribution >= 0.6 is 46.9 Å². The largest absolute Gasteiger partial charge is 0.490 e. The fraction of sp³-hybridized carbons (Fsp3) is 0.462. The second-order valence-electron chi connectivity index (χ2n) is 12.8. The van der Waals surface area contributed by atoms with Crippen LogP contribution in [0.1, 0.15) is 36.4 Å². The van der Waals surface area contributed by atoms with Crippen LogP contribution in [0.2, 0.25) is 0 Å². The van der Waals surface area contributed by atoms with Crippen molar-refractivity contribution in [2.75, 3.05) is 37.8 Å². The number of rotatable bonds is 16. The number of hydrogen-bond acceptors (Lipinski definition) is 24. The monoisotopic (exact) mass is 1060 g/mol. The first-order valence-corrected chi connectivity index (χ1v) is 26.5. The molecule has 5 heterocycles. The Balaban J connectivity index is 0.000000289. The smallest absolute Gasteiger partial charge is 0.390 e. The van der Waals surface area contributed by atoms with E-state index in [4.69, 9.17) is 56.9 Å². The van der Waals surface area contributed by atoms with E-state index in [1.807, 2.05) is 0 Å². The maximum absolute atomic E-state index is 12.1. The molecule has 3 aromatic heterocycles. The van der Waals surface area contributed by atoms with Crippen molar-refractivity contribution in [2.45, 2.75) is 49.7 Å². The summed E-state index contributed by atoms with van der Waals surface area (Å²) in [5, 5.41) is 20.8. The summed E-state index contributed by atoms with van der Waals surface area (Å²) in [7, 11) is -33.2. The van der Waals surface area contributed by atoms with Gasteiger partial charge in [-0.2, -0.15) is 22.2 Å². The molecule has 10 atom stereocenters. The van der Waals surface area contributed by atoms with Gasteiger partial charge in [0.25, 0.3) is 0 Å². The Morgan fingerprint density at radius 1 is 0.652 bits per heavy atom. The van der Waals surface area contributed by atoms with Gasteiger partial charge in [-0.15, -0.1) is 0 Å². The summed E-state index contributed by atoms with van der Waals surface area (Å²) in [6.07, 6.45) is -3.31. The fourth-order valence-corrected chi connectivity index (χ4v) is 11.6. The molecule has 0 aromatic carbocycles. The molecule has 0 spiro atoms. The number of aromatic nitrogens is 5. The average molecular weight is 1060 g/mol. The molecule has 6 unspecified atom stereocenters. The van der Waals surface area contributed by atoms with Crippen molar-refractivity contribution in [1.82, 2.24) is 24.1 Å². The van der Waals surface area contributed by atoms with Crippen molar-refractivity contribution in [1.29, 1.82) is 0 Å². The Kier molecular flexibility index (Phi) is 18.5. The number of nitrogens with zero attached hydrogens (tertiary/aromatic N) is 5. The van der Waals surface area contributed by atoms with E-state index < -0.39 is 103 Å².